The van der Waals surface area contributed by atoms with Crippen molar-refractivity contribution in [1.29, 1.82) is 0 Å². The normalized spacial score (nSPS) is 13.5. The number of carbonyl (C=O) groups is 1. The van der Waals surface area contributed by atoms with Gasteiger partial charge in [-0.25, -0.2) is 0 Å². The van der Waals surface area contributed by atoms with Crippen molar-refractivity contribution >= 4 is 50.7 Å². The zero-order valence-corrected chi connectivity index (χ0v) is 20.3. The van der Waals surface area contributed by atoms with Gasteiger partial charge in [0.05, 0.1) is 17.3 Å². The van der Waals surface area contributed by atoms with E-state index in [0.717, 1.165) is 20.9 Å². The Morgan fingerprint density at radius 2 is 1.97 bits per heavy atom. The molecular weight excluding hydrogens is 454 g/mol. The molecule has 0 bridgehead atoms. The minimum absolute atomic E-state index is 0.241. The number of halogens is 1. The van der Waals surface area contributed by atoms with Gasteiger partial charge in [-0.2, -0.15) is 0 Å². The number of ether oxygens (including phenoxy) is 1. The maximum absolute atomic E-state index is 12.8. The van der Waals surface area contributed by atoms with Gasteiger partial charge < -0.3 is 14.9 Å². The highest BCUT2D eigenvalue weighted by molar-refractivity contribution is 9.10. The molecule has 1 amide bonds. The summed E-state index contributed by atoms with van der Waals surface area (Å²) in [5.74, 6) is 0.377. The highest BCUT2D eigenvalue weighted by Gasteiger charge is 2.26. The Morgan fingerprint density at radius 3 is 2.59 bits per heavy atom. The van der Waals surface area contributed by atoms with E-state index in [2.05, 4.69) is 31.4 Å². The maximum atomic E-state index is 12.8. The molecule has 0 aliphatic carbocycles. The third-order valence-corrected chi connectivity index (χ3v) is 4.90. The summed E-state index contributed by atoms with van der Waals surface area (Å²) in [7, 11) is 0. The molecule has 1 atom stereocenters. The third-order valence-electron chi connectivity index (χ3n) is 3.73. The van der Waals surface area contributed by atoms with Crippen molar-refractivity contribution in [3.63, 3.8) is 0 Å². The van der Waals surface area contributed by atoms with Crippen LogP contribution in [-0.2, 0) is 9.63 Å². The molecule has 1 aromatic heterocycles. The van der Waals surface area contributed by atoms with Crippen LogP contribution in [0.25, 0.3) is 10.9 Å². The summed E-state index contributed by atoms with van der Waals surface area (Å²) in [4.78, 5) is 22.6. The van der Waals surface area contributed by atoms with Gasteiger partial charge in [-0.1, -0.05) is 5.16 Å². The van der Waals surface area contributed by atoms with Gasteiger partial charge in [0.25, 0.3) is 5.91 Å². The van der Waals surface area contributed by atoms with Gasteiger partial charge in [0, 0.05) is 16.1 Å². The average Bonchev–Trinajstić information content (AvgIpc) is 2.57. The molecule has 1 N–H and O–H groups in total. The van der Waals surface area contributed by atoms with Crippen LogP contribution in [0.3, 0.4) is 0 Å². The van der Waals surface area contributed by atoms with Crippen molar-refractivity contribution in [3.05, 3.63) is 34.4 Å². The number of hydrogen-bond acceptors (Lipinski definition) is 6. The fourth-order valence-corrected chi connectivity index (χ4v) is 3.33. The topological polar surface area (TPSA) is 72.8 Å². The molecule has 1 heterocycles. The second-order valence-corrected chi connectivity index (χ2v) is 10.1. The molecule has 0 spiro atoms. The SMILES string of the molecule is CSC(Oc1cc(C)c2ncc(Br)cc2c1)C(=O)NC(C)(C)/C=N\OC(C)(C)C. The number of rotatable bonds is 7. The number of amides is 1. The van der Waals surface area contributed by atoms with E-state index in [1.807, 2.05) is 66.0 Å². The summed E-state index contributed by atoms with van der Waals surface area (Å²) in [5.41, 5.74) is 0.106. The Bertz CT molecular complexity index is 910. The zero-order chi connectivity index (χ0) is 21.8. The Kier molecular flexibility index (Phi) is 7.56. The summed E-state index contributed by atoms with van der Waals surface area (Å²) in [5, 5.41) is 7.88. The molecule has 0 saturated heterocycles. The lowest BCUT2D eigenvalue weighted by Gasteiger charge is -2.25. The molecule has 29 heavy (non-hydrogen) atoms. The molecule has 2 rings (SSSR count). The summed E-state index contributed by atoms with van der Waals surface area (Å²) in [6, 6.07) is 5.76. The lowest BCUT2D eigenvalue weighted by atomic mass is 10.1. The fourth-order valence-electron chi connectivity index (χ4n) is 2.50. The van der Waals surface area contributed by atoms with Crippen molar-refractivity contribution in [2.75, 3.05) is 6.26 Å². The number of nitrogens with zero attached hydrogens (tertiary/aromatic N) is 2. The number of aromatic nitrogens is 1. The first-order valence-corrected chi connectivity index (χ1v) is 11.3. The lowest BCUT2D eigenvalue weighted by Crippen LogP contribution is -2.49. The van der Waals surface area contributed by atoms with E-state index >= 15 is 0 Å². The van der Waals surface area contributed by atoms with E-state index in [-0.39, 0.29) is 11.5 Å². The van der Waals surface area contributed by atoms with Crippen LogP contribution < -0.4 is 10.1 Å². The monoisotopic (exact) mass is 481 g/mol. The number of pyridine rings is 1. The summed E-state index contributed by atoms with van der Waals surface area (Å²) in [6.45, 7) is 11.4. The van der Waals surface area contributed by atoms with Crippen molar-refractivity contribution in [3.8, 4) is 5.75 Å². The van der Waals surface area contributed by atoms with Crippen LogP contribution in [-0.4, -0.2) is 39.9 Å². The van der Waals surface area contributed by atoms with Crippen molar-refractivity contribution in [2.45, 2.75) is 58.1 Å². The Morgan fingerprint density at radius 1 is 1.28 bits per heavy atom. The summed E-state index contributed by atoms with van der Waals surface area (Å²) in [6.07, 6.45) is 5.18. The fraction of sp³-hybridized carbons (Fsp3) is 0.476. The molecule has 1 aromatic carbocycles. The number of aryl methyl sites for hydroxylation is 1. The van der Waals surface area contributed by atoms with Crippen LogP contribution in [0.2, 0.25) is 0 Å². The molecule has 0 fully saturated rings. The summed E-state index contributed by atoms with van der Waals surface area (Å²) < 4.78 is 6.88. The number of benzene rings is 1. The Labute approximate surface area is 184 Å². The van der Waals surface area contributed by atoms with E-state index < -0.39 is 11.0 Å². The molecule has 158 valence electrons. The minimum atomic E-state index is -0.705. The molecule has 0 aliphatic heterocycles. The van der Waals surface area contributed by atoms with E-state index in [0.29, 0.717) is 5.75 Å². The molecular formula is C21H28BrN3O3S. The third kappa shape index (κ3) is 7.19. The predicted molar refractivity (Wildman–Crippen MR) is 124 cm³/mol. The minimum Gasteiger partial charge on any atom is -0.470 e. The highest BCUT2D eigenvalue weighted by atomic mass is 79.9. The Hall–Kier alpha value is -1.80. The van der Waals surface area contributed by atoms with Crippen LogP contribution in [0.5, 0.6) is 5.75 Å². The average molecular weight is 482 g/mol. The van der Waals surface area contributed by atoms with Crippen molar-refractivity contribution in [2.24, 2.45) is 5.16 Å². The highest BCUT2D eigenvalue weighted by Crippen LogP contribution is 2.27. The maximum Gasteiger partial charge on any atom is 0.272 e. The number of hydrogen-bond donors (Lipinski definition) is 1. The molecule has 0 radical (unpaired) electrons. The van der Waals surface area contributed by atoms with Gasteiger partial charge >= 0.3 is 0 Å². The van der Waals surface area contributed by atoms with E-state index in [9.17, 15) is 4.79 Å². The molecule has 8 heteroatoms. The second-order valence-electron chi connectivity index (χ2n) is 8.30. The van der Waals surface area contributed by atoms with Gasteiger partial charge in [-0.15, -0.1) is 11.8 Å². The van der Waals surface area contributed by atoms with E-state index in [4.69, 9.17) is 9.57 Å². The van der Waals surface area contributed by atoms with Crippen LogP contribution in [0.1, 0.15) is 40.2 Å². The number of nitrogens with one attached hydrogen (secondary N) is 1. The first-order chi connectivity index (χ1) is 13.4. The van der Waals surface area contributed by atoms with Crippen LogP contribution >= 0.6 is 27.7 Å². The number of fused-ring (bicyclic) bond motifs is 1. The quantitative estimate of drug-likeness (QED) is 0.339. The second kappa shape index (κ2) is 9.34. The Balaban J connectivity index is 2.13. The molecule has 2 aromatic rings. The lowest BCUT2D eigenvalue weighted by molar-refractivity contribution is -0.125. The van der Waals surface area contributed by atoms with Crippen molar-refractivity contribution in [1.82, 2.24) is 10.3 Å². The van der Waals surface area contributed by atoms with Gasteiger partial charge in [0.15, 0.2) is 0 Å². The van der Waals surface area contributed by atoms with E-state index in [1.54, 1.807) is 12.4 Å². The van der Waals surface area contributed by atoms with E-state index in [1.165, 1.54) is 11.8 Å². The van der Waals surface area contributed by atoms with Crippen LogP contribution in [0, 0.1) is 6.92 Å². The first-order valence-electron chi connectivity index (χ1n) is 9.20. The smallest absolute Gasteiger partial charge is 0.272 e. The zero-order valence-electron chi connectivity index (χ0n) is 17.9. The number of thioether (sulfide) groups is 1. The van der Waals surface area contributed by atoms with Gasteiger partial charge in [-0.3, -0.25) is 9.78 Å². The van der Waals surface area contributed by atoms with Crippen LogP contribution in [0.15, 0.2) is 34.0 Å². The standard InChI is InChI=1S/C21H28BrN3O3S/c1-13-8-16(10-14-9-15(22)11-23-17(13)14)27-19(29-7)18(26)25-21(5,6)12-24-28-20(2,3)4/h8-12,19H,1-7H3,(H,25,26)/b24-12-. The number of carbonyl (C=O) groups excluding carboxylic acids is 1. The van der Waals surface area contributed by atoms with Gasteiger partial charge in [-0.05, 0) is 87.5 Å². The molecule has 1 unspecified atom stereocenters. The molecule has 0 saturated carbocycles. The molecule has 6 nitrogen and oxygen atoms in total. The van der Waals surface area contributed by atoms with Crippen molar-refractivity contribution < 1.29 is 14.4 Å². The predicted octanol–water partition coefficient (Wildman–Crippen LogP) is 5.07. The number of oxime groups is 1. The summed E-state index contributed by atoms with van der Waals surface area (Å²) >= 11 is 4.76. The van der Waals surface area contributed by atoms with Gasteiger partial charge in [0.1, 0.15) is 11.4 Å². The van der Waals surface area contributed by atoms with Crippen LogP contribution in [0.4, 0.5) is 0 Å². The molecule has 0 aliphatic rings. The first kappa shape index (κ1) is 23.5. The largest absolute Gasteiger partial charge is 0.470 e. The van der Waals surface area contributed by atoms with Gasteiger partial charge in [0.2, 0.25) is 5.44 Å².